The van der Waals surface area contributed by atoms with Crippen LogP contribution in [0.5, 0.6) is 0 Å². The molecule has 1 aliphatic carbocycles. The van der Waals surface area contributed by atoms with E-state index in [1.54, 1.807) is 0 Å². The van der Waals surface area contributed by atoms with E-state index in [2.05, 4.69) is 60.0 Å². The molecule has 0 spiro atoms. The lowest BCUT2D eigenvalue weighted by Gasteiger charge is -2.28. The first-order valence-corrected chi connectivity index (χ1v) is 8.18. The van der Waals surface area contributed by atoms with E-state index in [0.717, 1.165) is 16.7 Å². The van der Waals surface area contributed by atoms with Crippen molar-refractivity contribution in [2.75, 3.05) is 5.32 Å². The molecule has 1 aliphatic rings. The molecule has 0 amide bonds. The SMILES string of the molecule is CC1CCC(NC(=S)Nc2cccc3ccccc23)CC1. The highest BCUT2D eigenvalue weighted by atomic mass is 32.1. The normalized spacial score (nSPS) is 22.0. The Morgan fingerprint density at radius 3 is 2.52 bits per heavy atom. The van der Waals surface area contributed by atoms with Gasteiger partial charge >= 0.3 is 0 Å². The Balaban J connectivity index is 1.66. The van der Waals surface area contributed by atoms with Gasteiger partial charge in [0.2, 0.25) is 0 Å². The monoisotopic (exact) mass is 298 g/mol. The quantitative estimate of drug-likeness (QED) is 0.786. The van der Waals surface area contributed by atoms with Crippen LogP contribution in [0.25, 0.3) is 10.8 Å². The predicted octanol–water partition coefficient (Wildman–Crippen LogP) is 4.70. The summed E-state index contributed by atoms with van der Waals surface area (Å²) in [5, 5.41) is 10.0. The third-order valence-corrected chi connectivity index (χ3v) is 4.61. The van der Waals surface area contributed by atoms with Crippen molar-refractivity contribution >= 4 is 33.8 Å². The number of thiocarbonyl (C=S) groups is 1. The molecule has 0 aromatic heterocycles. The zero-order valence-electron chi connectivity index (χ0n) is 12.4. The van der Waals surface area contributed by atoms with Crippen molar-refractivity contribution in [3.05, 3.63) is 42.5 Å². The molecule has 21 heavy (non-hydrogen) atoms. The van der Waals surface area contributed by atoms with E-state index in [0.29, 0.717) is 6.04 Å². The Labute approximate surface area is 131 Å². The van der Waals surface area contributed by atoms with E-state index in [1.165, 1.54) is 36.5 Å². The molecule has 3 rings (SSSR count). The smallest absolute Gasteiger partial charge is 0.171 e. The van der Waals surface area contributed by atoms with Crippen LogP contribution in [-0.2, 0) is 0 Å². The predicted molar refractivity (Wildman–Crippen MR) is 94.7 cm³/mol. The molecule has 3 heteroatoms. The van der Waals surface area contributed by atoms with Crippen LogP contribution in [-0.4, -0.2) is 11.2 Å². The minimum atomic E-state index is 0.524. The fraction of sp³-hybridized carbons (Fsp3) is 0.389. The van der Waals surface area contributed by atoms with E-state index in [1.807, 2.05) is 0 Å². The van der Waals surface area contributed by atoms with Gasteiger partial charge in [0.05, 0.1) is 0 Å². The van der Waals surface area contributed by atoms with Crippen molar-refractivity contribution in [1.29, 1.82) is 0 Å². The Morgan fingerprint density at radius 2 is 1.71 bits per heavy atom. The lowest BCUT2D eigenvalue weighted by atomic mass is 9.87. The first kappa shape index (κ1) is 14.3. The second-order valence-corrected chi connectivity index (χ2v) is 6.49. The molecule has 110 valence electrons. The minimum Gasteiger partial charge on any atom is -0.360 e. The molecular weight excluding hydrogens is 276 g/mol. The third-order valence-electron chi connectivity index (χ3n) is 4.39. The highest BCUT2D eigenvalue weighted by molar-refractivity contribution is 7.80. The number of hydrogen-bond acceptors (Lipinski definition) is 1. The van der Waals surface area contributed by atoms with E-state index >= 15 is 0 Å². The van der Waals surface area contributed by atoms with Gasteiger partial charge in [0.1, 0.15) is 0 Å². The van der Waals surface area contributed by atoms with Crippen LogP contribution < -0.4 is 10.6 Å². The van der Waals surface area contributed by atoms with Crippen molar-refractivity contribution in [1.82, 2.24) is 5.32 Å². The summed E-state index contributed by atoms with van der Waals surface area (Å²) in [6.45, 7) is 2.34. The second-order valence-electron chi connectivity index (χ2n) is 6.08. The molecule has 0 heterocycles. The first-order valence-electron chi connectivity index (χ1n) is 7.77. The molecule has 0 radical (unpaired) electrons. The third kappa shape index (κ3) is 3.53. The summed E-state index contributed by atoms with van der Waals surface area (Å²) in [6.07, 6.45) is 5.04. The largest absolute Gasteiger partial charge is 0.360 e. The van der Waals surface area contributed by atoms with Crippen LogP contribution in [0.1, 0.15) is 32.6 Å². The molecule has 2 aromatic rings. The summed E-state index contributed by atoms with van der Waals surface area (Å²) in [5.41, 5.74) is 1.08. The number of fused-ring (bicyclic) bond motifs is 1. The van der Waals surface area contributed by atoms with Gasteiger partial charge in [0.25, 0.3) is 0 Å². The van der Waals surface area contributed by atoms with Gasteiger partial charge in [0, 0.05) is 17.1 Å². The molecule has 2 N–H and O–H groups in total. The zero-order valence-corrected chi connectivity index (χ0v) is 13.2. The lowest BCUT2D eigenvalue weighted by molar-refractivity contribution is 0.332. The molecule has 2 nitrogen and oxygen atoms in total. The zero-order chi connectivity index (χ0) is 14.7. The van der Waals surface area contributed by atoms with Crippen LogP contribution >= 0.6 is 12.2 Å². The van der Waals surface area contributed by atoms with Crippen molar-refractivity contribution in [2.45, 2.75) is 38.6 Å². The molecule has 0 unspecified atom stereocenters. The Bertz CT molecular complexity index is 625. The summed E-state index contributed by atoms with van der Waals surface area (Å²) in [5.74, 6) is 0.864. The average molecular weight is 298 g/mol. The summed E-state index contributed by atoms with van der Waals surface area (Å²) in [7, 11) is 0. The highest BCUT2D eigenvalue weighted by Gasteiger charge is 2.18. The van der Waals surface area contributed by atoms with Gasteiger partial charge in [-0.05, 0) is 55.3 Å². The van der Waals surface area contributed by atoms with Crippen molar-refractivity contribution in [2.24, 2.45) is 5.92 Å². The standard InChI is InChI=1S/C18H22N2S/c1-13-9-11-15(12-10-13)19-18(21)20-17-8-4-6-14-5-2-3-7-16(14)17/h2-8,13,15H,9-12H2,1H3,(H2,19,20,21). The minimum absolute atomic E-state index is 0.524. The Kier molecular flexibility index (Phi) is 4.39. The Morgan fingerprint density at radius 1 is 1.00 bits per heavy atom. The van der Waals surface area contributed by atoms with E-state index in [-0.39, 0.29) is 0 Å². The molecule has 0 atom stereocenters. The molecular formula is C18H22N2S. The van der Waals surface area contributed by atoms with Crippen LogP contribution in [0.15, 0.2) is 42.5 Å². The van der Waals surface area contributed by atoms with Crippen LogP contribution in [0.2, 0.25) is 0 Å². The Hall–Kier alpha value is -1.61. The van der Waals surface area contributed by atoms with Crippen LogP contribution in [0.3, 0.4) is 0 Å². The summed E-state index contributed by atoms with van der Waals surface area (Å²) >= 11 is 5.49. The lowest BCUT2D eigenvalue weighted by Crippen LogP contribution is -2.39. The number of hydrogen-bond donors (Lipinski definition) is 2. The van der Waals surface area contributed by atoms with Gasteiger partial charge in [-0.3, -0.25) is 0 Å². The summed E-state index contributed by atoms with van der Waals surface area (Å²) in [4.78, 5) is 0. The van der Waals surface area contributed by atoms with Crippen molar-refractivity contribution in [3.8, 4) is 0 Å². The maximum atomic E-state index is 5.49. The topological polar surface area (TPSA) is 24.1 Å². The van der Waals surface area contributed by atoms with Gasteiger partial charge in [-0.1, -0.05) is 43.3 Å². The van der Waals surface area contributed by atoms with E-state index in [9.17, 15) is 0 Å². The fourth-order valence-electron chi connectivity index (χ4n) is 3.08. The van der Waals surface area contributed by atoms with Gasteiger partial charge in [-0.25, -0.2) is 0 Å². The maximum absolute atomic E-state index is 5.49. The average Bonchev–Trinajstić information content (AvgIpc) is 2.50. The van der Waals surface area contributed by atoms with Crippen molar-refractivity contribution in [3.63, 3.8) is 0 Å². The summed E-state index contributed by atoms with van der Waals surface area (Å²) in [6, 6.07) is 15.2. The number of benzene rings is 2. The van der Waals surface area contributed by atoms with E-state index in [4.69, 9.17) is 12.2 Å². The van der Waals surface area contributed by atoms with Gasteiger partial charge in [-0.2, -0.15) is 0 Å². The first-order chi connectivity index (χ1) is 10.2. The molecule has 1 saturated carbocycles. The maximum Gasteiger partial charge on any atom is 0.171 e. The molecule has 0 aliphatic heterocycles. The molecule has 0 saturated heterocycles. The molecule has 2 aromatic carbocycles. The second kappa shape index (κ2) is 6.44. The van der Waals surface area contributed by atoms with Gasteiger partial charge < -0.3 is 10.6 Å². The van der Waals surface area contributed by atoms with Crippen LogP contribution in [0.4, 0.5) is 5.69 Å². The fourth-order valence-corrected chi connectivity index (χ4v) is 3.36. The summed E-state index contributed by atoms with van der Waals surface area (Å²) < 4.78 is 0. The van der Waals surface area contributed by atoms with Gasteiger partial charge in [-0.15, -0.1) is 0 Å². The molecule has 1 fully saturated rings. The number of nitrogens with one attached hydrogen (secondary N) is 2. The molecule has 0 bridgehead atoms. The van der Waals surface area contributed by atoms with Crippen molar-refractivity contribution < 1.29 is 0 Å². The highest BCUT2D eigenvalue weighted by Crippen LogP contribution is 2.25. The number of rotatable bonds is 2. The van der Waals surface area contributed by atoms with Crippen LogP contribution in [0, 0.1) is 5.92 Å². The van der Waals surface area contributed by atoms with Gasteiger partial charge in [0.15, 0.2) is 5.11 Å². The van der Waals surface area contributed by atoms with E-state index < -0.39 is 0 Å². The number of anilines is 1.